The van der Waals surface area contributed by atoms with Crippen molar-refractivity contribution < 1.29 is 9.90 Å². The number of hydrogen-bond donors (Lipinski definition) is 3. The topological polar surface area (TPSA) is 82.2 Å². The molecule has 0 radical (unpaired) electrons. The van der Waals surface area contributed by atoms with Gasteiger partial charge in [-0.25, -0.2) is 0 Å². The van der Waals surface area contributed by atoms with Crippen LogP contribution in [-0.4, -0.2) is 28.6 Å². The zero-order valence-electron chi connectivity index (χ0n) is 8.77. The zero-order chi connectivity index (χ0) is 11.5. The lowest BCUT2D eigenvalue weighted by Gasteiger charge is -2.09. The molecule has 1 aromatic rings. The summed E-state index contributed by atoms with van der Waals surface area (Å²) in [5.74, 6) is -0.129. The minimum atomic E-state index is -0.494. The number of pyridine rings is 1. The molecule has 86 valence electrons. The Bertz CT molecular complexity index is 437. The Morgan fingerprint density at radius 3 is 3.00 bits per heavy atom. The van der Waals surface area contributed by atoms with Crippen LogP contribution in [0, 0.1) is 5.92 Å². The molecule has 1 saturated carbocycles. The van der Waals surface area contributed by atoms with Gasteiger partial charge in [0.05, 0.1) is 6.10 Å². The molecule has 1 aliphatic carbocycles. The quantitative estimate of drug-likeness (QED) is 0.664. The highest BCUT2D eigenvalue weighted by molar-refractivity contribution is 5.93. The number of hydrogen-bond acceptors (Lipinski definition) is 3. The van der Waals surface area contributed by atoms with Gasteiger partial charge in [-0.15, -0.1) is 0 Å². The van der Waals surface area contributed by atoms with Crippen molar-refractivity contribution in [3.63, 3.8) is 0 Å². The summed E-state index contributed by atoms with van der Waals surface area (Å²) in [7, 11) is 0. The molecule has 2 rings (SSSR count). The van der Waals surface area contributed by atoms with E-state index in [4.69, 9.17) is 0 Å². The summed E-state index contributed by atoms with van der Waals surface area (Å²) in [4.78, 5) is 25.3. The number of carbonyl (C=O) groups excluding carboxylic acids is 1. The highest BCUT2D eigenvalue weighted by Gasteiger charge is 2.29. The van der Waals surface area contributed by atoms with Crippen LogP contribution >= 0.6 is 0 Å². The molecule has 5 nitrogen and oxygen atoms in total. The van der Waals surface area contributed by atoms with Gasteiger partial charge in [0.1, 0.15) is 5.56 Å². The van der Waals surface area contributed by atoms with Gasteiger partial charge in [0.15, 0.2) is 0 Å². The van der Waals surface area contributed by atoms with Gasteiger partial charge in [-0.2, -0.15) is 0 Å². The molecular formula is C11H14N2O3. The average molecular weight is 222 g/mol. The Balaban J connectivity index is 1.92. The molecule has 1 fully saturated rings. The average Bonchev–Trinajstić information content (AvgIpc) is 3.10. The van der Waals surface area contributed by atoms with Crippen LogP contribution in [0.4, 0.5) is 0 Å². The van der Waals surface area contributed by atoms with E-state index in [9.17, 15) is 14.7 Å². The molecule has 1 unspecified atom stereocenters. The molecule has 0 spiro atoms. The Kier molecular flexibility index (Phi) is 3.05. The summed E-state index contributed by atoms with van der Waals surface area (Å²) >= 11 is 0. The van der Waals surface area contributed by atoms with Gasteiger partial charge in [0.2, 0.25) is 0 Å². The molecule has 1 aliphatic rings. The third-order valence-corrected chi connectivity index (χ3v) is 2.70. The minimum absolute atomic E-state index is 0.0745. The Hall–Kier alpha value is -1.62. The third-order valence-electron chi connectivity index (χ3n) is 2.70. The predicted octanol–water partition coefficient (Wildman–Crippen LogP) is -0.124. The lowest BCUT2D eigenvalue weighted by molar-refractivity contribution is 0.0899. The first kappa shape index (κ1) is 10.9. The second kappa shape index (κ2) is 4.49. The highest BCUT2D eigenvalue weighted by atomic mass is 16.3. The van der Waals surface area contributed by atoms with E-state index in [1.54, 1.807) is 6.07 Å². The number of aliphatic hydroxyl groups is 1. The van der Waals surface area contributed by atoms with Crippen molar-refractivity contribution in [2.45, 2.75) is 18.9 Å². The molecule has 16 heavy (non-hydrogen) atoms. The fourth-order valence-corrected chi connectivity index (χ4v) is 1.54. The normalized spacial score (nSPS) is 16.8. The standard InChI is InChI=1S/C11H14N2O3/c14-9(7-3-4-7)6-13-11(16)8-2-1-5-12-10(8)15/h1-2,5,7,9,14H,3-4,6H2,(H,12,15)(H,13,16). The lowest BCUT2D eigenvalue weighted by atomic mass is 10.2. The van der Waals surface area contributed by atoms with Gasteiger partial charge < -0.3 is 15.4 Å². The molecule has 0 aromatic carbocycles. The number of H-pyrrole nitrogens is 1. The maximum atomic E-state index is 11.6. The van der Waals surface area contributed by atoms with Crippen LogP contribution in [0.15, 0.2) is 23.1 Å². The van der Waals surface area contributed by atoms with E-state index in [0.29, 0.717) is 5.92 Å². The molecule has 1 aromatic heterocycles. The van der Waals surface area contributed by atoms with Gasteiger partial charge >= 0.3 is 0 Å². The molecular weight excluding hydrogens is 208 g/mol. The molecule has 3 N–H and O–H groups in total. The van der Waals surface area contributed by atoms with Crippen molar-refractivity contribution in [2.24, 2.45) is 5.92 Å². The van der Waals surface area contributed by atoms with E-state index < -0.39 is 17.6 Å². The number of nitrogens with one attached hydrogen (secondary N) is 2. The van der Waals surface area contributed by atoms with Gasteiger partial charge in [-0.1, -0.05) is 0 Å². The first-order valence-electron chi connectivity index (χ1n) is 5.32. The number of amides is 1. The summed E-state index contributed by atoms with van der Waals surface area (Å²) in [6, 6.07) is 3.05. The number of aliphatic hydroxyl groups excluding tert-OH is 1. The maximum absolute atomic E-state index is 11.6. The van der Waals surface area contributed by atoms with Crippen LogP contribution in [0.5, 0.6) is 0 Å². The second-order valence-corrected chi connectivity index (χ2v) is 4.03. The van der Waals surface area contributed by atoms with E-state index >= 15 is 0 Å². The van der Waals surface area contributed by atoms with Crippen LogP contribution in [0.1, 0.15) is 23.2 Å². The van der Waals surface area contributed by atoms with Gasteiger partial charge in [-0.3, -0.25) is 9.59 Å². The summed E-state index contributed by atoms with van der Waals surface area (Å²) < 4.78 is 0. The van der Waals surface area contributed by atoms with Crippen molar-refractivity contribution in [1.82, 2.24) is 10.3 Å². The van der Waals surface area contributed by atoms with E-state index in [1.807, 2.05) is 0 Å². The van der Waals surface area contributed by atoms with Crippen LogP contribution in [0.2, 0.25) is 0 Å². The SMILES string of the molecule is O=C(NCC(O)C1CC1)c1ccc[nH]c1=O. The first-order valence-corrected chi connectivity index (χ1v) is 5.32. The second-order valence-electron chi connectivity index (χ2n) is 4.03. The summed E-state index contributed by atoms with van der Waals surface area (Å²) in [6.07, 6.45) is 3.01. The Morgan fingerprint density at radius 1 is 1.62 bits per heavy atom. The summed E-state index contributed by atoms with van der Waals surface area (Å²) in [5, 5.41) is 12.1. The molecule has 1 heterocycles. The third kappa shape index (κ3) is 2.49. The molecule has 0 bridgehead atoms. The monoisotopic (exact) mass is 222 g/mol. The molecule has 5 heteroatoms. The van der Waals surface area contributed by atoms with Crippen LogP contribution in [0.3, 0.4) is 0 Å². The lowest BCUT2D eigenvalue weighted by Crippen LogP contribution is -2.35. The smallest absolute Gasteiger partial charge is 0.260 e. The zero-order valence-corrected chi connectivity index (χ0v) is 8.77. The van der Waals surface area contributed by atoms with Crippen molar-refractivity contribution in [3.8, 4) is 0 Å². The predicted molar refractivity (Wildman–Crippen MR) is 58.1 cm³/mol. The van der Waals surface area contributed by atoms with E-state index in [1.165, 1.54) is 12.3 Å². The Labute approximate surface area is 92.5 Å². The number of aromatic nitrogens is 1. The number of carbonyl (C=O) groups is 1. The van der Waals surface area contributed by atoms with Gasteiger partial charge in [0, 0.05) is 12.7 Å². The fourth-order valence-electron chi connectivity index (χ4n) is 1.54. The van der Waals surface area contributed by atoms with Crippen LogP contribution < -0.4 is 10.9 Å². The molecule has 0 saturated heterocycles. The maximum Gasteiger partial charge on any atom is 0.260 e. The van der Waals surface area contributed by atoms with E-state index in [2.05, 4.69) is 10.3 Å². The summed E-state index contributed by atoms with van der Waals surface area (Å²) in [6.45, 7) is 0.206. The van der Waals surface area contributed by atoms with Crippen molar-refractivity contribution in [2.75, 3.05) is 6.54 Å². The van der Waals surface area contributed by atoms with Crippen LogP contribution in [-0.2, 0) is 0 Å². The Morgan fingerprint density at radius 2 is 2.38 bits per heavy atom. The highest BCUT2D eigenvalue weighted by Crippen LogP contribution is 2.32. The fraction of sp³-hybridized carbons (Fsp3) is 0.455. The number of rotatable bonds is 4. The minimum Gasteiger partial charge on any atom is -0.391 e. The molecule has 0 aliphatic heterocycles. The largest absolute Gasteiger partial charge is 0.391 e. The summed E-state index contributed by atoms with van der Waals surface area (Å²) in [5.41, 5.74) is -0.341. The van der Waals surface area contributed by atoms with Gasteiger partial charge in [0.25, 0.3) is 11.5 Å². The number of aromatic amines is 1. The van der Waals surface area contributed by atoms with Gasteiger partial charge in [-0.05, 0) is 30.9 Å². The van der Waals surface area contributed by atoms with E-state index in [0.717, 1.165) is 12.8 Å². The molecule has 1 amide bonds. The van der Waals surface area contributed by atoms with Crippen LogP contribution in [0.25, 0.3) is 0 Å². The van der Waals surface area contributed by atoms with Crippen molar-refractivity contribution in [3.05, 3.63) is 34.2 Å². The van der Waals surface area contributed by atoms with E-state index in [-0.39, 0.29) is 12.1 Å². The van der Waals surface area contributed by atoms with Crippen molar-refractivity contribution in [1.29, 1.82) is 0 Å². The molecule has 1 atom stereocenters. The first-order chi connectivity index (χ1) is 7.68. The van der Waals surface area contributed by atoms with Crippen molar-refractivity contribution >= 4 is 5.91 Å².